The average Bonchev–Trinajstić information content (AvgIpc) is 2.57. The Morgan fingerprint density at radius 3 is 2.65 bits per heavy atom. The molecule has 0 N–H and O–H groups in total. The maximum absolute atomic E-state index is 9.52. The van der Waals surface area contributed by atoms with Crippen LogP contribution in [-0.2, 0) is 11.2 Å². The molecule has 0 bridgehead atoms. The molecule has 23 heavy (non-hydrogen) atoms. The molecule has 1 atom stereocenters. The topological polar surface area (TPSA) is 36.3 Å². The molecule has 1 saturated heterocycles. The van der Waals surface area contributed by atoms with E-state index in [9.17, 15) is 5.26 Å². The van der Waals surface area contributed by atoms with Crippen molar-refractivity contribution in [3.63, 3.8) is 0 Å². The number of benzene rings is 1. The number of likely N-dealkylation sites (N-methyl/N-ethyl adjacent to an activating group) is 1. The Labute approximate surface area is 141 Å². The highest BCUT2D eigenvalue weighted by Gasteiger charge is 2.32. The smallest absolute Gasteiger partial charge is 0.0691 e. The van der Waals surface area contributed by atoms with E-state index in [-0.39, 0.29) is 5.41 Å². The largest absolute Gasteiger partial charge is 0.381 e. The summed E-state index contributed by atoms with van der Waals surface area (Å²) in [5, 5.41) is 9.52. The Bertz CT molecular complexity index is 529. The molecule has 1 aliphatic rings. The normalized spacial score (nSPS) is 18.6. The Hall–Kier alpha value is -1.37. The second-order valence-electron chi connectivity index (χ2n) is 7.07. The molecule has 1 aromatic rings. The van der Waals surface area contributed by atoms with Crippen LogP contribution in [0.1, 0.15) is 43.7 Å². The van der Waals surface area contributed by atoms with Gasteiger partial charge in [-0.05, 0) is 70.7 Å². The molecule has 3 nitrogen and oxygen atoms in total. The summed E-state index contributed by atoms with van der Waals surface area (Å²) in [6, 6.07) is 11.7. The van der Waals surface area contributed by atoms with Gasteiger partial charge in [-0.1, -0.05) is 24.3 Å². The fourth-order valence-electron chi connectivity index (χ4n) is 3.38. The fraction of sp³-hybridized carbons (Fsp3) is 0.650. The number of hydrogen-bond donors (Lipinski definition) is 0. The molecule has 2 rings (SSSR count). The van der Waals surface area contributed by atoms with Gasteiger partial charge >= 0.3 is 0 Å². The van der Waals surface area contributed by atoms with Crippen LogP contribution in [0.25, 0.3) is 0 Å². The molecule has 0 aliphatic carbocycles. The Morgan fingerprint density at radius 1 is 1.30 bits per heavy atom. The molecule has 1 aromatic carbocycles. The zero-order valence-corrected chi connectivity index (χ0v) is 14.8. The standard InChI is InChI=1S/C20H30N2O/c1-17-7-4-5-8-19(17)15-18(2)22(3)12-6-9-20(16-21)10-13-23-14-11-20/h4-5,7-8,18H,6,9-15H2,1-3H3. The quantitative estimate of drug-likeness (QED) is 0.764. The van der Waals surface area contributed by atoms with Crippen LogP contribution in [-0.4, -0.2) is 37.7 Å². The number of hydrogen-bond acceptors (Lipinski definition) is 3. The summed E-state index contributed by atoms with van der Waals surface area (Å²) in [7, 11) is 2.20. The maximum Gasteiger partial charge on any atom is 0.0691 e. The van der Waals surface area contributed by atoms with Crippen LogP contribution in [0.2, 0.25) is 0 Å². The van der Waals surface area contributed by atoms with Gasteiger partial charge in [-0.3, -0.25) is 0 Å². The molecule has 0 saturated carbocycles. The van der Waals surface area contributed by atoms with Gasteiger partial charge in [0.25, 0.3) is 0 Å². The van der Waals surface area contributed by atoms with E-state index in [4.69, 9.17) is 4.74 Å². The molecule has 126 valence electrons. The number of rotatable bonds is 7. The summed E-state index contributed by atoms with van der Waals surface area (Å²) in [4.78, 5) is 2.43. The predicted octanol–water partition coefficient (Wildman–Crippen LogP) is 3.96. The van der Waals surface area contributed by atoms with Crippen LogP contribution in [0, 0.1) is 23.7 Å². The van der Waals surface area contributed by atoms with E-state index in [1.165, 1.54) is 11.1 Å². The third-order valence-corrected chi connectivity index (χ3v) is 5.38. The van der Waals surface area contributed by atoms with Crippen molar-refractivity contribution in [2.45, 2.75) is 52.0 Å². The van der Waals surface area contributed by atoms with Crippen molar-refractivity contribution in [1.29, 1.82) is 5.26 Å². The first-order valence-corrected chi connectivity index (χ1v) is 8.80. The van der Waals surface area contributed by atoms with Crippen LogP contribution >= 0.6 is 0 Å². The summed E-state index contributed by atoms with van der Waals surface area (Å²) in [5.74, 6) is 0. The van der Waals surface area contributed by atoms with Crippen LogP contribution in [0.4, 0.5) is 0 Å². The van der Waals surface area contributed by atoms with E-state index in [1.807, 2.05) is 0 Å². The number of nitrogens with zero attached hydrogens (tertiary/aromatic N) is 2. The summed E-state index contributed by atoms with van der Waals surface area (Å²) in [6.45, 7) is 7.02. The third-order valence-electron chi connectivity index (χ3n) is 5.38. The van der Waals surface area contributed by atoms with Gasteiger partial charge in [0.1, 0.15) is 0 Å². The zero-order chi connectivity index (χ0) is 16.7. The van der Waals surface area contributed by atoms with Crippen molar-refractivity contribution in [2.24, 2.45) is 5.41 Å². The van der Waals surface area contributed by atoms with Gasteiger partial charge in [-0.25, -0.2) is 0 Å². The number of nitriles is 1. The molecule has 0 aromatic heterocycles. The molecular weight excluding hydrogens is 284 g/mol. The molecule has 1 unspecified atom stereocenters. The predicted molar refractivity (Wildman–Crippen MR) is 94.3 cm³/mol. The number of ether oxygens (including phenoxy) is 1. The van der Waals surface area contributed by atoms with E-state index in [1.54, 1.807) is 0 Å². The molecule has 1 aliphatic heterocycles. The summed E-state index contributed by atoms with van der Waals surface area (Å²) in [5.41, 5.74) is 2.67. The van der Waals surface area contributed by atoms with Gasteiger partial charge in [-0.2, -0.15) is 5.26 Å². The lowest BCUT2D eigenvalue weighted by molar-refractivity contribution is 0.0348. The first-order valence-electron chi connectivity index (χ1n) is 8.80. The van der Waals surface area contributed by atoms with Crippen molar-refractivity contribution in [1.82, 2.24) is 4.90 Å². The minimum absolute atomic E-state index is 0.141. The molecule has 1 heterocycles. The Balaban J connectivity index is 1.79. The summed E-state index contributed by atoms with van der Waals surface area (Å²) < 4.78 is 5.41. The van der Waals surface area contributed by atoms with E-state index >= 15 is 0 Å². The number of aryl methyl sites for hydroxylation is 1. The Morgan fingerprint density at radius 2 is 2.00 bits per heavy atom. The minimum Gasteiger partial charge on any atom is -0.381 e. The minimum atomic E-state index is -0.141. The second-order valence-corrected chi connectivity index (χ2v) is 7.07. The summed E-state index contributed by atoms with van der Waals surface area (Å²) >= 11 is 0. The average molecular weight is 314 g/mol. The van der Waals surface area contributed by atoms with E-state index in [0.29, 0.717) is 6.04 Å². The maximum atomic E-state index is 9.52. The first kappa shape index (κ1) is 18.0. The van der Waals surface area contributed by atoms with Crippen molar-refractivity contribution in [3.8, 4) is 6.07 Å². The monoisotopic (exact) mass is 314 g/mol. The molecule has 3 heteroatoms. The van der Waals surface area contributed by atoms with Gasteiger partial charge in [0.2, 0.25) is 0 Å². The summed E-state index contributed by atoms with van der Waals surface area (Å²) in [6.07, 6.45) is 4.95. The molecule has 0 radical (unpaired) electrons. The van der Waals surface area contributed by atoms with Crippen LogP contribution < -0.4 is 0 Å². The molecule has 1 fully saturated rings. The molecular formula is C20H30N2O. The molecule has 0 spiro atoms. The van der Waals surface area contributed by atoms with E-state index in [2.05, 4.69) is 56.1 Å². The lowest BCUT2D eigenvalue weighted by Gasteiger charge is -2.32. The SMILES string of the molecule is Cc1ccccc1CC(C)N(C)CCCC1(C#N)CCOCC1. The van der Waals surface area contributed by atoms with Crippen molar-refractivity contribution < 1.29 is 4.74 Å². The van der Waals surface area contributed by atoms with Crippen molar-refractivity contribution >= 4 is 0 Å². The van der Waals surface area contributed by atoms with Crippen molar-refractivity contribution in [2.75, 3.05) is 26.8 Å². The van der Waals surface area contributed by atoms with Crippen molar-refractivity contribution in [3.05, 3.63) is 35.4 Å². The Kier molecular flexibility index (Phi) is 6.62. The molecule has 0 amide bonds. The highest BCUT2D eigenvalue weighted by molar-refractivity contribution is 5.26. The second kappa shape index (κ2) is 8.47. The lowest BCUT2D eigenvalue weighted by atomic mass is 9.78. The van der Waals surface area contributed by atoms with Gasteiger partial charge in [0.15, 0.2) is 0 Å². The van der Waals surface area contributed by atoms with E-state index < -0.39 is 0 Å². The van der Waals surface area contributed by atoms with Gasteiger partial charge < -0.3 is 9.64 Å². The third kappa shape index (κ3) is 5.06. The zero-order valence-electron chi connectivity index (χ0n) is 14.8. The van der Waals surface area contributed by atoms with E-state index in [0.717, 1.165) is 51.9 Å². The lowest BCUT2D eigenvalue weighted by Crippen LogP contribution is -2.34. The van der Waals surface area contributed by atoms with Crippen LogP contribution in [0.15, 0.2) is 24.3 Å². The van der Waals surface area contributed by atoms with Crippen LogP contribution in [0.5, 0.6) is 0 Å². The van der Waals surface area contributed by atoms with Crippen LogP contribution in [0.3, 0.4) is 0 Å². The van der Waals surface area contributed by atoms with Gasteiger partial charge in [0.05, 0.1) is 11.5 Å². The van der Waals surface area contributed by atoms with Gasteiger partial charge in [0, 0.05) is 19.3 Å². The van der Waals surface area contributed by atoms with Gasteiger partial charge in [-0.15, -0.1) is 0 Å². The highest BCUT2D eigenvalue weighted by Crippen LogP contribution is 2.34. The highest BCUT2D eigenvalue weighted by atomic mass is 16.5. The fourth-order valence-corrected chi connectivity index (χ4v) is 3.38. The first-order chi connectivity index (χ1) is 11.1.